The molecule has 0 unspecified atom stereocenters. The molecule has 1 aromatic heterocycles. The maximum atomic E-state index is 5.98. The summed E-state index contributed by atoms with van der Waals surface area (Å²) in [6.45, 7) is 2.05. The first kappa shape index (κ1) is 10.3. The number of nitrogens with zero attached hydrogens (tertiary/aromatic N) is 2. The summed E-state index contributed by atoms with van der Waals surface area (Å²) >= 11 is 0. The predicted molar refractivity (Wildman–Crippen MR) is 59.9 cm³/mol. The summed E-state index contributed by atoms with van der Waals surface area (Å²) in [5.74, 6) is 0.749. The van der Waals surface area contributed by atoms with Crippen LogP contribution in [0.25, 0.3) is 0 Å². The molecule has 0 spiro atoms. The second-order valence-corrected chi connectivity index (χ2v) is 4.17. The molecule has 4 nitrogen and oxygen atoms in total. The largest absolute Gasteiger partial charge is 0.473 e. The van der Waals surface area contributed by atoms with E-state index in [1.54, 1.807) is 4.68 Å². The predicted octanol–water partition coefficient (Wildman–Crippen LogP) is 1.89. The van der Waals surface area contributed by atoms with Gasteiger partial charge < -0.3 is 10.5 Å². The standard InChI is InChI=1S/C11H19N3O/c1-3-9-10(12)11(14(2)13-9)15-8-6-4-5-7-8/h8H,3-7,12H2,1-2H3. The van der Waals surface area contributed by atoms with E-state index in [9.17, 15) is 0 Å². The van der Waals surface area contributed by atoms with Crippen LogP contribution in [-0.4, -0.2) is 15.9 Å². The van der Waals surface area contributed by atoms with E-state index in [-0.39, 0.29) is 0 Å². The number of hydrogen-bond acceptors (Lipinski definition) is 3. The van der Waals surface area contributed by atoms with Crippen LogP contribution in [0.15, 0.2) is 0 Å². The average Bonchev–Trinajstić information content (AvgIpc) is 2.81. The first-order valence-electron chi connectivity index (χ1n) is 5.70. The van der Waals surface area contributed by atoms with Crippen LogP contribution in [0, 0.1) is 0 Å². The molecule has 15 heavy (non-hydrogen) atoms. The normalized spacial score (nSPS) is 17.2. The van der Waals surface area contributed by atoms with Crippen molar-refractivity contribution < 1.29 is 4.74 Å². The molecule has 0 amide bonds. The van der Waals surface area contributed by atoms with Crippen molar-refractivity contribution in [2.75, 3.05) is 5.73 Å². The van der Waals surface area contributed by atoms with E-state index in [1.165, 1.54) is 12.8 Å². The molecule has 0 aliphatic heterocycles. The van der Waals surface area contributed by atoms with Crippen LogP contribution in [0.1, 0.15) is 38.3 Å². The van der Waals surface area contributed by atoms with Crippen LogP contribution in [0.4, 0.5) is 5.69 Å². The highest BCUT2D eigenvalue weighted by molar-refractivity contribution is 5.53. The van der Waals surface area contributed by atoms with E-state index in [0.717, 1.165) is 30.8 Å². The molecule has 0 saturated heterocycles. The lowest BCUT2D eigenvalue weighted by Crippen LogP contribution is -2.14. The highest BCUT2D eigenvalue weighted by atomic mass is 16.5. The summed E-state index contributed by atoms with van der Waals surface area (Å²) in [6, 6.07) is 0. The maximum Gasteiger partial charge on any atom is 0.236 e. The van der Waals surface area contributed by atoms with Crippen LogP contribution in [-0.2, 0) is 13.5 Å². The monoisotopic (exact) mass is 209 g/mol. The van der Waals surface area contributed by atoms with Crippen molar-refractivity contribution in [1.82, 2.24) is 9.78 Å². The summed E-state index contributed by atoms with van der Waals surface area (Å²) in [6.07, 6.45) is 6.02. The Hall–Kier alpha value is -1.19. The number of nitrogen functional groups attached to an aromatic ring is 1. The molecular formula is C11H19N3O. The Morgan fingerprint density at radius 2 is 2.13 bits per heavy atom. The van der Waals surface area contributed by atoms with Crippen LogP contribution in [0.5, 0.6) is 5.88 Å². The molecule has 2 rings (SSSR count). The lowest BCUT2D eigenvalue weighted by atomic mass is 10.3. The van der Waals surface area contributed by atoms with E-state index in [0.29, 0.717) is 11.8 Å². The fraction of sp³-hybridized carbons (Fsp3) is 0.727. The smallest absolute Gasteiger partial charge is 0.236 e. The summed E-state index contributed by atoms with van der Waals surface area (Å²) in [5.41, 5.74) is 7.63. The average molecular weight is 209 g/mol. The molecule has 1 saturated carbocycles. The van der Waals surface area contributed by atoms with Crippen molar-refractivity contribution >= 4 is 5.69 Å². The third-order valence-corrected chi connectivity index (χ3v) is 3.02. The summed E-state index contributed by atoms with van der Waals surface area (Å²) < 4.78 is 7.65. The van der Waals surface area contributed by atoms with E-state index in [1.807, 2.05) is 7.05 Å². The van der Waals surface area contributed by atoms with Crippen LogP contribution < -0.4 is 10.5 Å². The fourth-order valence-corrected chi connectivity index (χ4v) is 2.14. The van der Waals surface area contributed by atoms with E-state index in [4.69, 9.17) is 10.5 Å². The Labute approximate surface area is 90.4 Å². The third kappa shape index (κ3) is 1.94. The number of hydrogen-bond donors (Lipinski definition) is 1. The quantitative estimate of drug-likeness (QED) is 0.827. The lowest BCUT2D eigenvalue weighted by Gasteiger charge is -2.13. The van der Waals surface area contributed by atoms with Gasteiger partial charge in [0.2, 0.25) is 5.88 Å². The number of rotatable bonds is 3. The number of nitrogens with two attached hydrogens (primary N) is 1. The number of aryl methyl sites for hydroxylation is 2. The number of aromatic nitrogens is 2. The Balaban J connectivity index is 2.15. The first-order chi connectivity index (χ1) is 7.22. The van der Waals surface area contributed by atoms with Gasteiger partial charge in [-0.2, -0.15) is 5.10 Å². The van der Waals surface area contributed by atoms with Gasteiger partial charge in [0.1, 0.15) is 11.8 Å². The SMILES string of the molecule is CCc1nn(C)c(OC2CCCC2)c1N. The van der Waals surface area contributed by atoms with Crippen molar-refractivity contribution in [3.05, 3.63) is 5.69 Å². The van der Waals surface area contributed by atoms with Gasteiger partial charge in [0.15, 0.2) is 0 Å². The molecule has 0 aromatic carbocycles. The van der Waals surface area contributed by atoms with Gasteiger partial charge in [0, 0.05) is 7.05 Å². The zero-order chi connectivity index (χ0) is 10.8. The van der Waals surface area contributed by atoms with Gasteiger partial charge in [-0.25, -0.2) is 4.68 Å². The summed E-state index contributed by atoms with van der Waals surface area (Å²) in [4.78, 5) is 0. The van der Waals surface area contributed by atoms with Crippen molar-refractivity contribution in [3.63, 3.8) is 0 Å². The van der Waals surface area contributed by atoms with E-state index in [2.05, 4.69) is 12.0 Å². The summed E-state index contributed by atoms with van der Waals surface area (Å²) in [7, 11) is 1.89. The molecule has 0 bridgehead atoms. The van der Waals surface area contributed by atoms with Gasteiger partial charge in [-0.15, -0.1) is 0 Å². The Bertz CT molecular complexity index is 340. The van der Waals surface area contributed by atoms with Crippen molar-refractivity contribution in [1.29, 1.82) is 0 Å². The summed E-state index contributed by atoms with van der Waals surface area (Å²) in [5, 5.41) is 4.34. The number of ether oxygens (including phenoxy) is 1. The minimum atomic E-state index is 0.340. The van der Waals surface area contributed by atoms with E-state index < -0.39 is 0 Å². The minimum absolute atomic E-state index is 0.340. The zero-order valence-corrected chi connectivity index (χ0v) is 9.49. The molecule has 1 fully saturated rings. The van der Waals surface area contributed by atoms with Crippen LogP contribution in [0.3, 0.4) is 0 Å². The second kappa shape index (κ2) is 4.13. The second-order valence-electron chi connectivity index (χ2n) is 4.17. The molecule has 84 valence electrons. The molecule has 1 aromatic rings. The minimum Gasteiger partial charge on any atom is -0.473 e. The molecule has 2 N–H and O–H groups in total. The molecule has 0 radical (unpaired) electrons. The fourth-order valence-electron chi connectivity index (χ4n) is 2.14. The van der Waals surface area contributed by atoms with Gasteiger partial charge in [0.25, 0.3) is 0 Å². The van der Waals surface area contributed by atoms with Crippen molar-refractivity contribution in [2.24, 2.45) is 7.05 Å². The lowest BCUT2D eigenvalue weighted by molar-refractivity contribution is 0.193. The topological polar surface area (TPSA) is 53.1 Å². The highest BCUT2D eigenvalue weighted by Gasteiger charge is 2.21. The van der Waals surface area contributed by atoms with E-state index >= 15 is 0 Å². The highest BCUT2D eigenvalue weighted by Crippen LogP contribution is 2.29. The Morgan fingerprint density at radius 1 is 1.47 bits per heavy atom. The molecule has 0 atom stereocenters. The maximum absolute atomic E-state index is 5.98. The van der Waals surface area contributed by atoms with Gasteiger partial charge in [0.05, 0.1) is 5.69 Å². The van der Waals surface area contributed by atoms with Gasteiger partial charge in [-0.1, -0.05) is 6.92 Å². The van der Waals surface area contributed by atoms with Crippen LogP contribution >= 0.6 is 0 Å². The Morgan fingerprint density at radius 3 is 2.67 bits per heavy atom. The first-order valence-corrected chi connectivity index (χ1v) is 5.70. The zero-order valence-electron chi connectivity index (χ0n) is 9.49. The third-order valence-electron chi connectivity index (χ3n) is 3.02. The molecule has 1 heterocycles. The molecular weight excluding hydrogens is 190 g/mol. The van der Waals surface area contributed by atoms with Crippen molar-refractivity contribution in [2.45, 2.75) is 45.1 Å². The van der Waals surface area contributed by atoms with Crippen molar-refractivity contribution in [3.8, 4) is 5.88 Å². The van der Waals surface area contributed by atoms with Gasteiger partial charge >= 0.3 is 0 Å². The van der Waals surface area contributed by atoms with Gasteiger partial charge in [-0.05, 0) is 32.1 Å². The number of anilines is 1. The molecule has 4 heteroatoms. The van der Waals surface area contributed by atoms with Crippen LogP contribution in [0.2, 0.25) is 0 Å². The molecule has 1 aliphatic rings. The Kier molecular flexibility index (Phi) is 2.84. The van der Waals surface area contributed by atoms with Gasteiger partial charge in [-0.3, -0.25) is 0 Å². The molecule has 1 aliphatic carbocycles.